The van der Waals surface area contributed by atoms with Gasteiger partial charge in [-0.2, -0.15) is 0 Å². The summed E-state index contributed by atoms with van der Waals surface area (Å²) in [4.78, 5) is 4.01. The summed E-state index contributed by atoms with van der Waals surface area (Å²) in [5.74, 6) is -0.861. The lowest BCUT2D eigenvalue weighted by molar-refractivity contribution is 0.368. The third kappa shape index (κ3) is 4.02. The van der Waals surface area contributed by atoms with Gasteiger partial charge in [-0.25, -0.2) is 4.98 Å². The van der Waals surface area contributed by atoms with Crippen LogP contribution in [0.3, 0.4) is 0 Å². The number of halogens is 2. The lowest BCUT2D eigenvalue weighted by atomic mass is 9.99. The molecule has 0 atom stereocenters. The highest BCUT2D eigenvalue weighted by atomic mass is 35.5. The highest BCUT2D eigenvalue weighted by molar-refractivity contribution is 6.36. The van der Waals surface area contributed by atoms with Crippen LogP contribution in [-0.4, -0.2) is 34.5 Å². The topological polar surface area (TPSA) is 104 Å². The second kappa shape index (κ2) is 8.45. The van der Waals surface area contributed by atoms with Crippen LogP contribution in [0.2, 0.25) is 10.0 Å². The van der Waals surface area contributed by atoms with Crippen molar-refractivity contribution >= 4 is 23.2 Å². The van der Waals surface area contributed by atoms with E-state index in [0.717, 1.165) is 0 Å². The quantitative estimate of drug-likeness (QED) is 0.315. The van der Waals surface area contributed by atoms with E-state index >= 15 is 0 Å². The molecule has 4 aromatic rings. The monoisotopic (exact) mass is 459 g/mol. The minimum absolute atomic E-state index is 0.0456. The zero-order chi connectivity index (χ0) is 22.1. The summed E-state index contributed by atoms with van der Waals surface area (Å²) in [6.45, 7) is 0.962. The first kappa shape index (κ1) is 21.0. The standard InChI is InChI=1S/C22H19Cl2N3O4/c23-14-10-16(20(29)17(24)11-14)19-18(13-2-4-15(28)5-3-13)21(30)22(31)27(19)8-1-7-26-9-6-25-12-26/h2-6,9-12,28-31H,1,7-8H2. The van der Waals surface area contributed by atoms with Crippen LogP contribution in [0.5, 0.6) is 23.1 Å². The number of aromatic nitrogens is 3. The Hall–Kier alpha value is -3.29. The molecule has 0 amide bonds. The maximum absolute atomic E-state index is 10.8. The van der Waals surface area contributed by atoms with Gasteiger partial charge in [-0.05, 0) is 36.2 Å². The van der Waals surface area contributed by atoms with Crippen molar-refractivity contribution in [3.63, 3.8) is 0 Å². The van der Waals surface area contributed by atoms with Gasteiger partial charge in [0.2, 0.25) is 5.88 Å². The fourth-order valence-corrected chi connectivity index (χ4v) is 4.06. The summed E-state index contributed by atoms with van der Waals surface area (Å²) >= 11 is 12.3. The van der Waals surface area contributed by atoms with Crippen LogP contribution in [0.25, 0.3) is 22.4 Å². The molecule has 0 unspecified atom stereocenters. The number of aryl methyl sites for hydroxylation is 1. The van der Waals surface area contributed by atoms with Crippen molar-refractivity contribution in [3.05, 3.63) is 65.2 Å². The number of hydrogen-bond acceptors (Lipinski definition) is 5. The Balaban J connectivity index is 1.88. The molecule has 0 saturated heterocycles. The molecular weight excluding hydrogens is 441 g/mol. The molecule has 4 N–H and O–H groups in total. The molecule has 31 heavy (non-hydrogen) atoms. The van der Waals surface area contributed by atoms with Crippen LogP contribution in [0, 0.1) is 0 Å². The number of aromatic hydroxyl groups is 4. The Bertz CT molecular complexity index is 1220. The highest BCUT2D eigenvalue weighted by Gasteiger charge is 2.27. The van der Waals surface area contributed by atoms with Gasteiger partial charge in [0.25, 0.3) is 0 Å². The molecule has 2 heterocycles. The van der Waals surface area contributed by atoms with E-state index in [-0.39, 0.29) is 39.3 Å². The second-order valence-electron chi connectivity index (χ2n) is 7.03. The summed E-state index contributed by atoms with van der Waals surface area (Å²) in [6, 6.07) is 9.08. The molecule has 0 saturated carbocycles. The summed E-state index contributed by atoms with van der Waals surface area (Å²) in [7, 11) is 0. The summed E-state index contributed by atoms with van der Waals surface area (Å²) in [5, 5.41) is 42.2. The van der Waals surface area contributed by atoms with Gasteiger partial charge in [0, 0.05) is 36.1 Å². The van der Waals surface area contributed by atoms with Crippen LogP contribution in [0.1, 0.15) is 6.42 Å². The molecule has 4 rings (SSSR count). The second-order valence-corrected chi connectivity index (χ2v) is 7.88. The van der Waals surface area contributed by atoms with Crippen LogP contribution in [0.4, 0.5) is 0 Å². The van der Waals surface area contributed by atoms with Crippen molar-refractivity contribution < 1.29 is 20.4 Å². The van der Waals surface area contributed by atoms with Crippen molar-refractivity contribution in [2.24, 2.45) is 0 Å². The predicted octanol–water partition coefficient (Wildman–Crippen LogP) is 5.24. The van der Waals surface area contributed by atoms with E-state index in [1.165, 1.54) is 28.8 Å². The zero-order valence-corrected chi connectivity index (χ0v) is 17.7. The first-order chi connectivity index (χ1) is 14.9. The number of benzene rings is 2. The molecular formula is C22H19Cl2N3O4. The molecule has 160 valence electrons. The van der Waals surface area contributed by atoms with Gasteiger partial charge in [-0.3, -0.25) is 0 Å². The van der Waals surface area contributed by atoms with Gasteiger partial charge in [0.15, 0.2) is 5.75 Å². The van der Waals surface area contributed by atoms with Crippen LogP contribution in [0.15, 0.2) is 55.1 Å². The maximum atomic E-state index is 10.8. The fourth-order valence-electron chi connectivity index (χ4n) is 3.57. The fraction of sp³-hybridized carbons (Fsp3) is 0.136. The molecule has 0 aliphatic heterocycles. The number of nitrogens with zero attached hydrogens (tertiary/aromatic N) is 3. The Morgan fingerprint density at radius 1 is 0.903 bits per heavy atom. The van der Waals surface area contributed by atoms with E-state index in [9.17, 15) is 20.4 Å². The Kier molecular flexibility index (Phi) is 5.71. The molecule has 2 aromatic heterocycles. The van der Waals surface area contributed by atoms with Gasteiger partial charge in [-0.1, -0.05) is 35.3 Å². The van der Waals surface area contributed by atoms with Crippen molar-refractivity contribution in [1.29, 1.82) is 0 Å². The lowest BCUT2D eigenvalue weighted by Gasteiger charge is -2.15. The summed E-state index contributed by atoms with van der Waals surface area (Å²) in [6.07, 6.45) is 5.81. The number of hydrogen-bond donors (Lipinski definition) is 4. The zero-order valence-electron chi connectivity index (χ0n) is 16.2. The average molecular weight is 460 g/mol. The van der Waals surface area contributed by atoms with Crippen molar-refractivity contribution in [2.45, 2.75) is 19.5 Å². The first-order valence-electron chi connectivity index (χ1n) is 9.44. The van der Waals surface area contributed by atoms with E-state index in [0.29, 0.717) is 35.8 Å². The predicted molar refractivity (Wildman–Crippen MR) is 119 cm³/mol. The molecule has 0 spiro atoms. The SMILES string of the molecule is Oc1ccc(-c2c(O)c(O)n(CCCn3ccnc3)c2-c2cc(Cl)cc(Cl)c2O)cc1. The molecule has 0 bridgehead atoms. The summed E-state index contributed by atoms with van der Waals surface area (Å²) in [5.41, 5.74) is 1.44. The van der Waals surface area contributed by atoms with Gasteiger partial charge < -0.3 is 29.6 Å². The number of rotatable bonds is 6. The third-order valence-corrected chi connectivity index (χ3v) is 5.51. The van der Waals surface area contributed by atoms with E-state index in [4.69, 9.17) is 23.2 Å². The smallest absolute Gasteiger partial charge is 0.235 e. The van der Waals surface area contributed by atoms with E-state index < -0.39 is 0 Å². The van der Waals surface area contributed by atoms with Crippen molar-refractivity contribution in [2.75, 3.05) is 0 Å². The minimum Gasteiger partial charge on any atom is -0.508 e. The minimum atomic E-state index is -0.348. The van der Waals surface area contributed by atoms with E-state index in [1.54, 1.807) is 24.7 Å². The molecule has 7 nitrogen and oxygen atoms in total. The number of phenols is 2. The van der Waals surface area contributed by atoms with Crippen LogP contribution in [-0.2, 0) is 13.1 Å². The van der Waals surface area contributed by atoms with Crippen molar-refractivity contribution in [1.82, 2.24) is 14.1 Å². The third-order valence-electron chi connectivity index (χ3n) is 5.01. The molecule has 9 heteroatoms. The highest BCUT2D eigenvalue weighted by Crippen LogP contribution is 2.50. The van der Waals surface area contributed by atoms with Crippen LogP contribution < -0.4 is 0 Å². The van der Waals surface area contributed by atoms with Crippen LogP contribution >= 0.6 is 23.2 Å². The first-order valence-corrected chi connectivity index (χ1v) is 10.2. The lowest BCUT2D eigenvalue weighted by Crippen LogP contribution is -2.04. The van der Waals surface area contributed by atoms with Crippen molar-refractivity contribution in [3.8, 4) is 45.5 Å². The Morgan fingerprint density at radius 2 is 1.65 bits per heavy atom. The molecule has 2 aromatic carbocycles. The van der Waals surface area contributed by atoms with Gasteiger partial charge >= 0.3 is 0 Å². The molecule has 0 aliphatic carbocycles. The van der Waals surface area contributed by atoms with Gasteiger partial charge in [-0.15, -0.1) is 0 Å². The average Bonchev–Trinajstić information content (AvgIpc) is 3.34. The Labute approximate surface area is 188 Å². The number of imidazole rings is 1. The van der Waals surface area contributed by atoms with E-state index in [2.05, 4.69) is 4.98 Å². The Morgan fingerprint density at radius 3 is 2.32 bits per heavy atom. The van der Waals surface area contributed by atoms with E-state index in [1.807, 2.05) is 10.8 Å². The molecule has 0 radical (unpaired) electrons. The maximum Gasteiger partial charge on any atom is 0.235 e. The largest absolute Gasteiger partial charge is 0.508 e. The molecule has 0 aliphatic rings. The molecule has 0 fully saturated rings. The van der Waals surface area contributed by atoms with Gasteiger partial charge in [0.1, 0.15) is 11.5 Å². The summed E-state index contributed by atoms with van der Waals surface area (Å²) < 4.78 is 3.41. The number of phenolic OH excluding ortho intramolecular Hbond substituents is 2. The normalized spacial score (nSPS) is 11.2. The van der Waals surface area contributed by atoms with Gasteiger partial charge in [0.05, 0.1) is 22.6 Å².